The Hall–Kier alpha value is -1.40. The van der Waals surface area contributed by atoms with E-state index in [1.807, 2.05) is 0 Å². The first-order valence-corrected chi connectivity index (χ1v) is 6.78. The van der Waals surface area contributed by atoms with E-state index < -0.39 is 18.1 Å². The summed E-state index contributed by atoms with van der Waals surface area (Å²) in [5.41, 5.74) is -0.724. The zero-order valence-electron chi connectivity index (χ0n) is 12.1. The van der Waals surface area contributed by atoms with Gasteiger partial charge < -0.3 is 9.84 Å². The topological polar surface area (TPSA) is 49.8 Å². The van der Waals surface area contributed by atoms with Crippen molar-refractivity contribution in [1.29, 1.82) is 0 Å². The summed E-state index contributed by atoms with van der Waals surface area (Å²) in [7, 11) is 0. The van der Waals surface area contributed by atoms with Crippen LogP contribution in [-0.2, 0) is 11.3 Å². The van der Waals surface area contributed by atoms with E-state index in [1.54, 1.807) is 25.7 Å². The molecule has 1 aromatic carbocycles. The highest BCUT2D eigenvalue weighted by molar-refractivity contribution is 6.30. The molecule has 0 aliphatic rings. The van der Waals surface area contributed by atoms with E-state index in [-0.39, 0.29) is 12.3 Å². The minimum absolute atomic E-state index is 0.00552. The molecule has 0 spiro atoms. The van der Waals surface area contributed by atoms with E-state index in [2.05, 4.69) is 4.74 Å². The molecule has 0 unspecified atom stereocenters. The second kappa shape index (κ2) is 7.04. The van der Waals surface area contributed by atoms with E-state index in [0.717, 1.165) is 0 Å². The number of alkyl halides is 2. The van der Waals surface area contributed by atoms with E-state index in [9.17, 15) is 18.7 Å². The van der Waals surface area contributed by atoms with Crippen LogP contribution in [0, 0.1) is 0 Å². The second-order valence-corrected chi connectivity index (χ2v) is 5.45. The van der Waals surface area contributed by atoms with Crippen LogP contribution < -0.4 is 4.74 Å². The van der Waals surface area contributed by atoms with Crippen LogP contribution >= 0.6 is 11.6 Å². The quantitative estimate of drug-likeness (QED) is 0.833. The number of rotatable bonds is 7. The Balaban J connectivity index is 3.09. The molecule has 0 radical (unpaired) electrons. The Kier molecular flexibility index (Phi) is 5.92. The summed E-state index contributed by atoms with van der Waals surface area (Å²) in [6.07, 6.45) is 0. The number of nitrogens with zero attached hydrogens (tertiary/aromatic N) is 1. The van der Waals surface area contributed by atoms with Crippen molar-refractivity contribution in [1.82, 2.24) is 4.90 Å². The van der Waals surface area contributed by atoms with Gasteiger partial charge in [0.15, 0.2) is 0 Å². The van der Waals surface area contributed by atoms with Crippen molar-refractivity contribution in [2.45, 2.75) is 39.5 Å². The van der Waals surface area contributed by atoms with Gasteiger partial charge in [-0.25, -0.2) is 0 Å². The lowest BCUT2D eigenvalue weighted by Gasteiger charge is -2.34. The molecule has 0 aromatic heterocycles. The second-order valence-electron chi connectivity index (χ2n) is 5.01. The van der Waals surface area contributed by atoms with Gasteiger partial charge in [0.1, 0.15) is 11.3 Å². The first kappa shape index (κ1) is 17.7. The van der Waals surface area contributed by atoms with Gasteiger partial charge in [-0.1, -0.05) is 18.5 Å². The Morgan fingerprint density at radius 3 is 2.57 bits per heavy atom. The molecule has 0 amide bonds. The third-order valence-electron chi connectivity index (χ3n) is 3.30. The zero-order valence-corrected chi connectivity index (χ0v) is 12.8. The maximum Gasteiger partial charge on any atom is 0.387 e. The zero-order chi connectivity index (χ0) is 16.2. The van der Waals surface area contributed by atoms with Gasteiger partial charge in [-0.2, -0.15) is 8.78 Å². The summed E-state index contributed by atoms with van der Waals surface area (Å²) < 4.78 is 29.3. The van der Waals surface area contributed by atoms with Crippen molar-refractivity contribution in [3.63, 3.8) is 0 Å². The van der Waals surface area contributed by atoms with E-state index >= 15 is 0 Å². The average Bonchev–Trinajstić information content (AvgIpc) is 2.37. The third-order valence-corrected chi connectivity index (χ3v) is 3.53. The van der Waals surface area contributed by atoms with Crippen LogP contribution in [0.1, 0.15) is 26.3 Å². The molecule has 0 fully saturated rings. The van der Waals surface area contributed by atoms with Gasteiger partial charge in [-0.3, -0.25) is 9.69 Å². The van der Waals surface area contributed by atoms with Gasteiger partial charge >= 0.3 is 12.6 Å². The van der Waals surface area contributed by atoms with Crippen molar-refractivity contribution >= 4 is 17.6 Å². The molecule has 0 aliphatic heterocycles. The van der Waals surface area contributed by atoms with Crippen LogP contribution in [0.15, 0.2) is 18.2 Å². The van der Waals surface area contributed by atoms with Crippen molar-refractivity contribution in [2.75, 3.05) is 6.54 Å². The lowest BCUT2D eigenvalue weighted by atomic mass is 10.0. The Morgan fingerprint density at radius 1 is 1.48 bits per heavy atom. The number of likely N-dealkylation sites (N-methyl/N-ethyl adjacent to an activating group) is 1. The molecule has 0 heterocycles. The molecule has 0 saturated carbocycles. The number of benzene rings is 1. The van der Waals surface area contributed by atoms with Crippen LogP contribution in [-0.4, -0.2) is 34.7 Å². The molecular formula is C14H18ClF2NO3. The highest BCUT2D eigenvalue weighted by atomic mass is 35.5. The highest BCUT2D eigenvalue weighted by Gasteiger charge is 2.34. The van der Waals surface area contributed by atoms with Crippen molar-refractivity contribution in [2.24, 2.45) is 0 Å². The smallest absolute Gasteiger partial charge is 0.387 e. The van der Waals surface area contributed by atoms with Crippen LogP contribution in [0.3, 0.4) is 0 Å². The summed E-state index contributed by atoms with van der Waals surface area (Å²) >= 11 is 5.88. The minimum Gasteiger partial charge on any atom is -0.480 e. The summed E-state index contributed by atoms with van der Waals surface area (Å²) in [6, 6.07) is 4.30. The standard InChI is InChI=1S/C14H18ClF2NO3/c1-4-18(14(2,3)12(19)20)8-9-7-10(15)5-6-11(9)21-13(16)17/h5-7,13H,4,8H2,1-3H3,(H,19,20). The fraction of sp³-hybridized carbons (Fsp3) is 0.500. The summed E-state index contributed by atoms with van der Waals surface area (Å²) in [6.45, 7) is 2.52. The summed E-state index contributed by atoms with van der Waals surface area (Å²) in [5.74, 6) is -1.00. The fourth-order valence-electron chi connectivity index (χ4n) is 1.93. The molecule has 0 atom stereocenters. The molecule has 0 bridgehead atoms. The van der Waals surface area contributed by atoms with Gasteiger partial charge in [0.05, 0.1) is 0 Å². The van der Waals surface area contributed by atoms with Gasteiger partial charge in [0.2, 0.25) is 0 Å². The number of halogens is 3. The van der Waals surface area contributed by atoms with E-state index in [0.29, 0.717) is 17.1 Å². The van der Waals surface area contributed by atoms with Gasteiger partial charge in [0.25, 0.3) is 0 Å². The Labute approximate surface area is 127 Å². The van der Waals surface area contributed by atoms with Crippen LogP contribution in [0.25, 0.3) is 0 Å². The van der Waals surface area contributed by atoms with Gasteiger partial charge in [-0.05, 0) is 38.6 Å². The Bertz CT molecular complexity index is 509. The molecule has 7 heteroatoms. The molecule has 1 N–H and O–H groups in total. The number of aliphatic carboxylic acids is 1. The number of carboxylic acids is 1. The summed E-state index contributed by atoms with van der Waals surface area (Å²) in [5, 5.41) is 9.64. The third kappa shape index (κ3) is 4.54. The molecular weight excluding hydrogens is 304 g/mol. The number of carboxylic acid groups (broad SMARTS) is 1. The SMILES string of the molecule is CCN(Cc1cc(Cl)ccc1OC(F)F)C(C)(C)C(=O)O. The van der Waals surface area contributed by atoms with E-state index in [1.165, 1.54) is 18.2 Å². The molecule has 0 aliphatic carbocycles. The van der Waals surface area contributed by atoms with Crippen LogP contribution in [0.2, 0.25) is 5.02 Å². The monoisotopic (exact) mass is 321 g/mol. The lowest BCUT2D eigenvalue weighted by Crippen LogP contribution is -2.49. The number of carbonyl (C=O) groups is 1. The van der Waals surface area contributed by atoms with Gasteiger partial charge in [0, 0.05) is 17.1 Å². The molecule has 4 nitrogen and oxygen atoms in total. The maximum absolute atomic E-state index is 12.4. The highest BCUT2D eigenvalue weighted by Crippen LogP contribution is 2.28. The number of hydrogen-bond acceptors (Lipinski definition) is 3. The Morgan fingerprint density at radius 2 is 2.10 bits per heavy atom. The lowest BCUT2D eigenvalue weighted by molar-refractivity contribution is -0.149. The number of ether oxygens (including phenoxy) is 1. The van der Waals surface area contributed by atoms with E-state index in [4.69, 9.17) is 11.6 Å². The average molecular weight is 322 g/mol. The molecule has 21 heavy (non-hydrogen) atoms. The molecule has 1 aromatic rings. The largest absolute Gasteiger partial charge is 0.480 e. The van der Waals surface area contributed by atoms with Crippen LogP contribution in [0.4, 0.5) is 8.78 Å². The van der Waals surface area contributed by atoms with Crippen LogP contribution in [0.5, 0.6) is 5.75 Å². The minimum atomic E-state index is -2.95. The molecule has 118 valence electrons. The van der Waals surface area contributed by atoms with Crippen molar-refractivity contribution in [3.05, 3.63) is 28.8 Å². The first-order chi connectivity index (χ1) is 9.68. The molecule has 1 rings (SSSR count). The normalized spacial score (nSPS) is 12.0. The van der Waals surface area contributed by atoms with Crippen molar-refractivity contribution in [3.8, 4) is 5.75 Å². The number of hydrogen-bond donors (Lipinski definition) is 1. The maximum atomic E-state index is 12.4. The molecule has 0 saturated heterocycles. The summed E-state index contributed by atoms with van der Waals surface area (Å²) in [4.78, 5) is 13.0. The van der Waals surface area contributed by atoms with Crippen molar-refractivity contribution < 1.29 is 23.4 Å². The predicted octanol–water partition coefficient (Wildman–Crippen LogP) is 3.63. The fourth-order valence-corrected chi connectivity index (χ4v) is 2.12. The predicted molar refractivity (Wildman–Crippen MR) is 75.9 cm³/mol. The van der Waals surface area contributed by atoms with Gasteiger partial charge in [-0.15, -0.1) is 0 Å². The first-order valence-electron chi connectivity index (χ1n) is 6.40.